The van der Waals surface area contributed by atoms with E-state index in [1.54, 1.807) is 12.1 Å². The van der Waals surface area contributed by atoms with Gasteiger partial charge in [-0.25, -0.2) is 8.42 Å². The maximum Gasteiger partial charge on any atom is 0.206 e. The Labute approximate surface area is 286 Å². The Morgan fingerprint density at radius 1 is 0.480 bits per heavy atom. The Morgan fingerprint density at radius 2 is 1.08 bits per heavy atom. The second kappa shape index (κ2) is 10.4. The average molecular weight is 664 g/mol. The molecule has 236 valence electrons. The Balaban J connectivity index is 1.27. The molecule has 0 amide bonds. The van der Waals surface area contributed by atoms with Crippen LogP contribution >= 0.6 is 0 Å². The van der Waals surface area contributed by atoms with Crippen LogP contribution in [0.1, 0.15) is 5.56 Å². The van der Waals surface area contributed by atoms with E-state index in [4.69, 9.17) is 9.68 Å². The maximum absolute atomic E-state index is 13.5. The summed E-state index contributed by atoms with van der Waals surface area (Å²) < 4.78 is 37.9. The zero-order valence-corrected chi connectivity index (χ0v) is 27.2. The van der Waals surface area contributed by atoms with Crippen LogP contribution in [0.3, 0.4) is 0 Å². The van der Waals surface area contributed by atoms with Gasteiger partial charge in [-0.3, -0.25) is 0 Å². The van der Waals surface area contributed by atoms with Crippen LogP contribution in [0.25, 0.3) is 76.9 Å². The largest absolute Gasteiger partial charge is 0.456 e. The lowest BCUT2D eigenvalue weighted by molar-refractivity contribution is 0.596. The minimum atomic E-state index is -3.77. The smallest absolute Gasteiger partial charge is 0.206 e. The Kier molecular flexibility index (Phi) is 5.93. The Morgan fingerprint density at radius 3 is 1.82 bits per heavy atom. The third-order valence-corrected chi connectivity index (χ3v) is 11.6. The van der Waals surface area contributed by atoms with Crippen LogP contribution in [0.4, 0.5) is 0 Å². The predicted octanol–water partition coefficient (Wildman–Crippen LogP) is 10.5. The van der Waals surface area contributed by atoms with E-state index in [-0.39, 0.29) is 9.79 Å². The van der Waals surface area contributed by atoms with Crippen molar-refractivity contribution in [2.24, 2.45) is 0 Å². The van der Waals surface area contributed by atoms with E-state index >= 15 is 0 Å². The van der Waals surface area contributed by atoms with Gasteiger partial charge in [-0.05, 0) is 97.1 Å². The fourth-order valence-electron chi connectivity index (χ4n) is 7.60. The summed E-state index contributed by atoms with van der Waals surface area (Å²) in [7, 11) is -3.77. The van der Waals surface area contributed by atoms with Gasteiger partial charge in [-0.1, -0.05) is 54.6 Å². The molecular weight excluding hydrogens is 639 g/mol. The molecule has 0 atom stereocenters. The summed E-state index contributed by atoms with van der Waals surface area (Å²) in [6, 6.07) is 50.7. The van der Waals surface area contributed by atoms with Crippen molar-refractivity contribution in [1.82, 2.24) is 9.13 Å². The number of fused-ring (bicyclic) bond motifs is 11. The van der Waals surface area contributed by atoms with Crippen LogP contribution in [0.2, 0.25) is 0 Å². The van der Waals surface area contributed by atoms with Crippen molar-refractivity contribution in [2.75, 3.05) is 0 Å². The lowest BCUT2D eigenvalue weighted by atomic mass is 10.0. The molecule has 50 heavy (non-hydrogen) atoms. The van der Waals surface area contributed by atoms with Crippen LogP contribution in [-0.2, 0) is 9.84 Å². The lowest BCUT2D eigenvalue weighted by Gasteiger charge is -2.11. The van der Waals surface area contributed by atoms with Crippen LogP contribution in [0, 0.1) is 11.3 Å². The molecule has 0 aliphatic heterocycles. The van der Waals surface area contributed by atoms with Gasteiger partial charge in [0.1, 0.15) is 11.2 Å². The van der Waals surface area contributed by atoms with E-state index in [0.29, 0.717) is 5.56 Å². The molecule has 0 radical (unpaired) electrons. The van der Waals surface area contributed by atoms with Gasteiger partial charge in [0.15, 0.2) is 0 Å². The Bertz CT molecular complexity index is 3150. The second-order valence-corrected chi connectivity index (χ2v) is 14.4. The van der Waals surface area contributed by atoms with E-state index in [0.717, 1.165) is 76.9 Å². The molecule has 0 aliphatic rings. The molecule has 0 aliphatic carbocycles. The molecule has 0 fully saturated rings. The summed E-state index contributed by atoms with van der Waals surface area (Å²) in [6.45, 7) is 0. The minimum Gasteiger partial charge on any atom is -0.456 e. The van der Waals surface area contributed by atoms with Crippen molar-refractivity contribution in [2.45, 2.75) is 9.79 Å². The summed E-state index contributed by atoms with van der Waals surface area (Å²) in [4.78, 5) is 0.342. The van der Waals surface area contributed by atoms with Gasteiger partial charge in [0, 0.05) is 38.3 Å². The number of nitriles is 1. The third kappa shape index (κ3) is 3.91. The van der Waals surface area contributed by atoms with E-state index in [1.807, 2.05) is 42.5 Å². The number of para-hydroxylation sites is 3. The molecule has 0 unspecified atom stereocenters. The number of benzene rings is 7. The first kappa shape index (κ1) is 28.4. The normalized spacial score (nSPS) is 12.1. The van der Waals surface area contributed by atoms with E-state index in [9.17, 15) is 8.42 Å². The fourth-order valence-corrected chi connectivity index (χ4v) is 8.86. The molecule has 3 heterocycles. The third-order valence-electron chi connectivity index (χ3n) is 9.78. The number of furan rings is 1. The lowest BCUT2D eigenvalue weighted by Crippen LogP contribution is -2.03. The van der Waals surface area contributed by atoms with Crippen LogP contribution in [0.15, 0.2) is 166 Å². The highest BCUT2D eigenvalue weighted by atomic mass is 32.2. The first-order chi connectivity index (χ1) is 24.5. The van der Waals surface area contributed by atoms with Gasteiger partial charge in [0.25, 0.3) is 0 Å². The quantitative estimate of drug-likeness (QED) is 0.188. The molecular formula is C43H25N3O3S. The zero-order valence-electron chi connectivity index (χ0n) is 26.4. The standard InChI is InChI=1S/C43H25N3O3S/c44-26-27-14-18-30(19-15-27)50(47,48)31-20-16-29(17-21-31)45-35-12-6-4-10-32(35)40-36(45)23-24-37-41(40)34-22-25-39-42(33-11-5-7-13-38(33)49-39)43(34)46(37)28-8-2-1-3-9-28/h1-25H. The molecule has 3 aromatic heterocycles. The molecule has 0 N–H and O–H groups in total. The van der Waals surface area contributed by atoms with Crippen LogP contribution in [0.5, 0.6) is 0 Å². The van der Waals surface area contributed by atoms with Gasteiger partial charge >= 0.3 is 0 Å². The van der Waals surface area contributed by atoms with Crippen molar-refractivity contribution >= 4 is 75.4 Å². The van der Waals surface area contributed by atoms with Gasteiger partial charge < -0.3 is 13.6 Å². The minimum absolute atomic E-state index is 0.151. The maximum atomic E-state index is 13.5. The van der Waals surface area contributed by atoms with Crippen molar-refractivity contribution in [1.29, 1.82) is 5.26 Å². The molecule has 0 saturated heterocycles. The molecule has 7 heteroatoms. The number of sulfone groups is 1. The molecule has 6 nitrogen and oxygen atoms in total. The van der Waals surface area contributed by atoms with Gasteiger partial charge in [0.2, 0.25) is 9.84 Å². The van der Waals surface area contributed by atoms with Gasteiger partial charge in [0.05, 0.1) is 48.9 Å². The summed E-state index contributed by atoms with van der Waals surface area (Å²) in [5.74, 6) is 0. The second-order valence-electron chi connectivity index (χ2n) is 12.4. The molecule has 0 spiro atoms. The topological polar surface area (TPSA) is 80.9 Å². The molecule has 10 rings (SSSR count). The van der Waals surface area contributed by atoms with Crippen molar-refractivity contribution in [3.8, 4) is 17.4 Å². The Hall–Kier alpha value is -6.62. The molecule has 0 saturated carbocycles. The van der Waals surface area contributed by atoms with Gasteiger partial charge in [-0.15, -0.1) is 0 Å². The SMILES string of the molecule is N#Cc1ccc(S(=O)(=O)c2ccc(-n3c4ccccc4c4c5c6ccc7oc8ccccc8c7c6n(-c6ccccc6)c5ccc43)cc2)cc1. The van der Waals surface area contributed by atoms with E-state index < -0.39 is 9.84 Å². The van der Waals surface area contributed by atoms with Crippen molar-refractivity contribution in [3.63, 3.8) is 0 Å². The fraction of sp³-hybridized carbons (Fsp3) is 0. The number of rotatable bonds is 4. The van der Waals surface area contributed by atoms with Crippen LogP contribution < -0.4 is 0 Å². The first-order valence-corrected chi connectivity index (χ1v) is 17.7. The predicted molar refractivity (Wildman–Crippen MR) is 199 cm³/mol. The number of nitrogens with zero attached hydrogens (tertiary/aromatic N) is 3. The molecule has 7 aromatic carbocycles. The molecule has 0 bridgehead atoms. The van der Waals surface area contributed by atoms with E-state index in [2.05, 4.69) is 88.0 Å². The summed E-state index contributed by atoms with van der Waals surface area (Å²) in [5, 5.41) is 15.8. The van der Waals surface area contributed by atoms with Crippen molar-refractivity contribution < 1.29 is 12.8 Å². The summed E-state index contributed by atoms with van der Waals surface area (Å²) in [6.07, 6.45) is 0. The van der Waals surface area contributed by atoms with E-state index in [1.165, 1.54) is 24.3 Å². The number of hydrogen-bond donors (Lipinski definition) is 0. The highest BCUT2D eigenvalue weighted by Gasteiger charge is 2.24. The highest BCUT2D eigenvalue weighted by Crippen LogP contribution is 2.45. The average Bonchev–Trinajstić information content (AvgIpc) is 3.82. The van der Waals surface area contributed by atoms with Crippen LogP contribution in [-0.4, -0.2) is 17.6 Å². The summed E-state index contributed by atoms with van der Waals surface area (Å²) in [5.41, 5.74) is 8.24. The monoisotopic (exact) mass is 663 g/mol. The first-order valence-electron chi connectivity index (χ1n) is 16.2. The number of aromatic nitrogens is 2. The number of hydrogen-bond acceptors (Lipinski definition) is 4. The zero-order chi connectivity index (χ0) is 33.6. The van der Waals surface area contributed by atoms with Gasteiger partial charge in [-0.2, -0.15) is 5.26 Å². The highest BCUT2D eigenvalue weighted by molar-refractivity contribution is 7.91. The molecule has 10 aromatic rings. The summed E-state index contributed by atoms with van der Waals surface area (Å²) >= 11 is 0. The van der Waals surface area contributed by atoms with Crippen molar-refractivity contribution in [3.05, 3.63) is 157 Å².